The molecule has 1 amide bonds. The van der Waals surface area contributed by atoms with Crippen LogP contribution >= 0.6 is 0 Å². The smallest absolute Gasteiger partial charge is 0.219 e. The molecular formula is C34H62N4O3. The van der Waals surface area contributed by atoms with Crippen LogP contribution in [0.15, 0.2) is 46.7 Å². The molecule has 236 valence electrons. The Kier molecular flexibility index (Phi) is 18.9. The van der Waals surface area contributed by atoms with Crippen molar-refractivity contribution in [1.29, 1.82) is 0 Å². The zero-order valence-electron chi connectivity index (χ0n) is 27.7. The van der Waals surface area contributed by atoms with Gasteiger partial charge < -0.3 is 20.5 Å². The van der Waals surface area contributed by atoms with Crippen molar-refractivity contribution in [2.24, 2.45) is 11.8 Å². The Morgan fingerprint density at radius 3 is 2.56 bits per heavy atom. The molecule has 3 aliphatic heterocycles. The fourth-order valence-electron chi connectivity index (χ4n) is 5.39. The van der Waals surface area contributed by atoms with Crippen LogP contribution in [-0.2, 0) is 9.53 Å². The molecule has 0 aromatic heterocycles. The normalized spacial score (nSPS) is 23.2. The highest BCUT2D eigenvalue weighted by Gasteiger charge is 2.33. The predicted octanol–water partition coefficient (Wildman–Crippen LogP) is 5.69. The third-order valence-electron chi connectivity index (χ3n) is 8.25. The van der Waals surface area contributed by atoms with Gasteiger partial charge in [0.25, 0.3) is 0 Å². The second-order valence-electron chi connectivity index (χ2n) is 11.7. The van der Waals surface area contributed by atoms with Gasteiger partial charge in [0, 0.05) is 57.0 Å². The van der Waals surface area contributed by atoms with Gasteiger partial charge >= 0.3 is 0 Å². The van der Waals surface area contributed by atoms with Crippen molar-refractivity contribution in [3.63, 3.8) is 0 Å². The molecule has 0 saturated carbocycles. The van der Waals surface area contributed by atoms with E-state index in [9.17, 15) is 9.90 Å². The molecule has 0 aromatic rings. The van der Waals surface area contributed by atoms with Crippen LogP contribution in [0.25, 0.3) is 0 Å². The first-order chi connectivity index (χ1) is 19.7. The molecule has 2 fully saturated rings. The van der Waals surface area contributed by atoms with Crippen molar-refractivity contribution in [2.75, 3.05) is 39.9 Å². The summed E-state index contributed by atoms with van der Waals surface area (Å²) < 4.78 is 5.23. The molecule has 4 unspecified atom stereocenters. The number of hydrogen-bond donors (Lipinski definition) is 4. The highest BCUT2D eigenvalue weighted by Crippen LogP contribution is 2.30. The lowest BCUT2D eigenvalue weighted by atomic mass is 9.94. The van der Waals surface area contributed by atoms with E-state index >= 15 is 0 Å². The standard InChI is InChI=1S/C27H47N3O2.C5H9NO.C2H6/c1-8-23-15-25(17-28-16-23)27(31)29-21(5)14-26-20(4)11-12-30(26)18-24(10-9-13-32-7)22(6)19(2)3;7-5-3-1-2-4-6-5;1-2/h9-10,15,17,19-21,26-29,31H,8,11-14,16,18H2,1-7H3;1-4H2,(H,6,7);1-2H3/b10-9-,24-22+;;. The molecule has 3 heterocycles. The molecule has 7 heteroatoms. The Labute approximate surface area is 251 Å². The number of hydrogen-bond acceptors (Lipinski definition) is 6. The van der Waals surface area contributed by atoms with Gasteiger partial charge in [-0.15, -0.1) is 0 Å². The van der Waals surface area contributed by atoms with E-state index in [1.165, 1.54) is 23.1 Å². The number of aliphatic hydroxyl groups excluding tert-OH is 1. The van der Waals surface area contributed by atoms with Gasteiger partial charge in [0.15, 0.2) is 0 Å². The maximum absolute atomic E-state index is 10.8. The molecule has 3 aliphatic rings. The minimum atomic E-state index is -0.639. The first kappa shape index (κ1) is 37.1. The van der Waals surface area contributed by atoms with E-state index in [0.29, 0.717) is 24.5 Å². The molecule has 41 heavy (non-hydrogen) atoms. The van der Waals surface area contributed by atoms with Crippen LogP contribution in [0.1, 0.15) is 93.9 Å². The summed E-state index contributed by atoms with van der Waals surface area (Å²) in [5, 5.41) is 20.2. The number of rotatable bonds is 12. The van der Waals surface area contributed by atoms with Gasteiger partial charge in [-0.1, -0.05) is 70.9 Å². The number of nitrogens with one attached hydrogen (secondary N) is 3. The third kappa shape index (κ3) is 13.7. The number of aliphatic hydroxyl groups is 1. The molecule has 7 nitrogen and oxygen atoms in total. The fourth-order valence-corrected chi connectivity index (χ4v) is 5.39. The monoisotopic (exact) mass is 574 g/mol. The summed E-state index contributed by atoms with van der Waals surface area (Å²) in [5.74, 6) is 1.40. The van der Waals surface area contributed by atoms with E-state index in [1.807, 2.05) is 20.0 Å². The van der Waals surface area contributed by atoms with Crippen LogP contribution in [0, 0.1) is 11.8 Å². The van der Waals surface area contributed by atoms with Crippen LogP contribution < -0.4 is 16.0 Å². The van der Waals surface area contributed by atoms with E-state index in [4.69, 9.17) is 4.74 Å². The number of dihydropyridines is 1. The van der Waals surface area contributed by atoms with Crippen molar-refractivity contribution >= 4 is 5.91 Å². The van der Waals surface area contributed by atoms with E-state index in [1.54, 1.807) is 7.11 Å². The number of carbonyl (C=O) groups excluding carboxylic acids is 1. The number of likely N-dealkylation sites (tertiary alicyclic amines) is 1. The first-order valence-corrected chi connectivity index (χ1v) is 16.1. The van der Waals surface area contributed by atoms with Crippen molar-refractivity contribution in [3.8, 4) is 0 Å². The maximum atomic E-state index is 10.8. The molecule has 0 aromatic carbocycles. The van der Waals surface area contributed by atoms with Crippen LogP contribution in [0.3, 0.4) is 0 Å². The Hall–Kier alpha value is -1.93. The summed E-state index contributed by atoms with van der Waals surface area (Å²) >= 11 is 0. The zero-order chi connectivity index (χ0) is 30.8. The minimum absolute atomic E-state index is 0.214. The topological polar surface area (TPSA) is 85.9 Å². The van der Waals surface area contributed by atoms with Crippen molar-refractivity contribution < 1.29 is 14.6 Å². The van der Waals surface area contributed by atoms with Crippen LogP contribution in [0.4, 0.5) is 0 Å². The molecule has 4 atom stereocenters. The SMILES string of the molecule is CC.CCC1=CC(C(O)NC(C)CC2C(C)CCN2CC(/C=C\COC)=C(\C)C(C)C)=CNC1.O=C1CCCCN1. The molecule has 4 N–H and O–H groups in total. The van der Waals surface area contributed by atoms with Gasteiger partial charge in [0.05, 0.1) is 6.61 Å². The average molecular weight is 575 g/mol. The van der Waals surface area contributed by atoms with Crippen molar-refractivity contribution in [3.05, 3.63) is 46.7 Å². The second kappa shape index (κ2) is 20.9. The molecule has 0 bridgehead atoms. The highest BCUT2D eigenvalue weighted by molar-refractivity contribution is 5.76. The van der Waals surface area contributed by atoms with Crippen molar-refractivity contribution in [1.82, 2.24) is 20.9 Å². The lowest BCUT2D eigenvalue weighted by Crippen LogP contribution is -2.44. The summed E-state index contributed by atoms with van der Waals surface area (Å²) in [7, 11) is 1.74. The Bertz CT molecular complexity index is 869. The number of allylic oxidation sites excluding steroid dienone is 1. The van der Waals surface area contributed by atoms with Crippen molar-refractivity contribution in [2.45, 2.75) is 112 Å². The van der Waals surface area contributed by atoms with Gasteiger partial charge in [-0.25, -0.2) is 0 Å². The maximum Gasteiger partial charge on any atom is 0.219 e. The van der Waals surface area contributed by atoms with Gasteiger partial charge in [0.2, 0.25) is 5.91 Å². The largest absolute Gasteiger partial charge is 0.387 e. The molecule has 2 saturated heterocycles. The number of methoxy groups -OCH3 is 1. The minimum Gasteiger partial charge on any atom is -0.387 e. The average Bonchev–Trinajstić information content (AvgIpc) is 3.31. The van der Waals surface area contributed by atoms with Gasteiger partial charge in [0.1, 0.15) is 6.23 Å². The van der Waals surface area contributed by atoms with E-state index in [2.05, 4.69) is 80.6 Å². The van der Waals surface area contributed by atoms with Gasteiger partial charge in [-0.3, -0.25) is 15.0 Å². The highest BCUT2D eigenvalue weighted by atomic mass is 16.5. The second-order valence-corrected chi connectivity index (χ2v) is 11.7. The summed E-state index contributed by atoms with van der Waals surface area (Å²) in [5.41, 5.74) is 5.12. The fraction of sp³-hybridized carbons (Fsp3) is 0.735. The van der Waals surface area contributed by atoms with E-state index < -0.39 is 6.23 Å². The van der Waals surface area contributed by atoms with Gasteiger partial charge in [-0.2, -0.15) is 0 Å². The Morgan fingerprint density at radius 1 is 1.27 bits per heavy atom. The summed E-state index contributed by atoms with van der Waals surface area (Å²) in [6.07, 6.45) is 14.0. The number of piperidine rings is 1. The number of ether oxygens (including phenoxy) is 1. The lowest BCUT2D eigenvalue weighted by molar-refractivity contribution is -0.122. The Balaban J connectivity index is 0.000000799. The quantitative estimate of drug-likeness (QED) is 0.177. The Morgan fingerprint density at radius 2 is 2.00 bits per heavy atom. The molecule has 0 aliphatic carbocycles. The summed E-state index contributed by atoms with van der Waals surface area (Å²) in [6, 6.07) is 0.734. The van der Waals surface area contributed by atoms with Crippen LogP contribution in [0.5, 0.6) is 0 Å². The zero-order valence-corrected chi connectivity index (χ0v) is 27.7. The van der Waals surface area contributed by atoms with Crippen LogP contribution in [0.2, 0.25) is 0 Å². The predicted molar refractivity (Wildman–Crippen MR) is 174 cm³/mol. The summed E-state index contributed by atoms with van der Waals surface area (Å²) in [4.78, 5) is 13.0. The summed E-state index contributed by atoms with van der Waals surface area (Å²) in [6.45, 7) is 22.0. The number of amides is 1. The van der Waals surface area contributed by atoms with Crippen LogP contribution in [-0.4, -0.2) is 74.1 Å². The molecular weight excluding hydrogens is 512 g/mol. The van der Waals surface area contributed by atoms with E-state index in [-0.39, 0.29) is 11.9 Å². The number of nitrogens with zero attached hydrogens (tertiary/aromatic N) is 1. The third-order valence-corrected chi connectivity index (χ3v) is 8.25. The van der Waals surface area contributed by atoms with E-state index in [0.717, 1.165) is 63.9 Å². The molecule has 0 radical (unpaired) electrons. The number of carbonyl (C=O) groups is 1. The lowest BCUT2D eigenvalue weighted by Gasteiger charge is -2.32. The van der Waals surface area contributed by atoms with Gasteiger partial charge in [-0.05, 0) is 69.9 Å². The molecule has 3 rings (SSSR count). The molecule has 0 spiro atoms. The first-order valence-electron chi connectivity index (χ1n) is 16.1.